The third-order valence-corrected chi connectivity index (χ3v) is 7.29. The average Bonchev–Trinajstić information content (AvgIpc) is 3.07. The highest BCUT2D eigenvalue weighted by Crippen LogP contribution is 2.30. The van der Waals surface area contributed by atoms with Crippen LogP contribution in [0.4, 0.5) is 0 Å². The van der Waals surface area contributed by atoms with Crippen molar-refractivity contribution in [2.24, 2.45) is 0 Å². The monoisotopic (exact) mass is 595 g/mol. The molecule has 0 N–H and O–H groups in total. The van der Waals surface area contributed by atoms with Crippen LogP contribution in [0.5, 0.6) is 0 Å². The van der Waals surface area contributed by atoms with Crippen molar-refractivity contribution in [1.82, 2.24) is 0 Å². The Kier molecular flexibility index (Phi) is 11.8. The van der Waals surface area contributed by atoms with Crippen molar-refractivity contribution < 1.29 is 28.6 Å². The first-order chi connectivity index (χ1) is 21.7. The summed E-state index contributed by atoms with van der Waals surface area (Å²) in [7, 11) is 0. The maximum atomic E-state index is 12.6. The lowest BCUT2D eigenvalue weighted by Crippen LogP contribution is -2.63. The minimum atomic E-state index is -1.34. The van der Waals surface area contributed by atoms with Gasteiger partial charge in [0.1, 0.15) is 12.2 Å². The van der Waals surface area contributed by atoms with Crippen LogP contribution in [-0.4, -0.2) is 48.8 Å². The lowest BCUT2D eigenvalue weighted by Gasteiger charge is -2.42. The van der Waals surface area contributed by atoms with E-state index in [9.17, 15) is 10.1 Å². The van der Waals surface area contributed by atoms with Gasteiger partial charge in [-0.15, -0.1) is 0 Å². The average molecular weight is 596 g/mol. The number of nitro groups is 1. The fraction of sp³-hybridized carbons (Fsp3) is 0.278. The summed E-state index contributed by atoms with van der Waals surface area (Å²) in [5, 5.41) is 12.6. The SMILES string of the molecule is O=[N+]([O-])[C@H]1C(OC/C=C\c2ccccc2)O[C@H](COCc2ccccc2)[C@H](OCc2ccccc2)[C@@H]1OCc1ccccc1. The zero-order valence-corrected chi connectivity index (χ0v) is 24.4. The normalized spacial score (nSPS) is 21.8. The molecule has 1 unspecified atom stereocenters. The highest BCUT2D eigenvalue weighted by atomic mass is 16.7. The second-order valence-corrected chi connectivity index (χ2v) is 10.5. The highest BCUT2D eigenvalue weighted by molar-refractivity contribution is 5.48. The molecule has 4 aromatic rings. The molecular weight excluding hydrogens is 558 g/mol. The van der Waals surface area contributed by atoms with E-state index < -0.39 is 30.6 Å². The molecule has 0 spiro atoms. The second kappa shape index (κ2) is 16.6. The van der Waals surface area contributed by atoms with E-state index in [1.807, 2.05) is 133 Å². The van der Waals surface area contributed by atoms with Crippen molar-refractivity contribution in [3.63, 3.8) is 0 Å². The fourth-order valence-electron chi connectivity index (χ4n) is 5.08. The highest BCUT2D eigenvalue weighted by Gasteiger charge is 2.54. The molecule has 0 bridgehead atoms. The van der Waals surface area contributed by atoms with E-state index in [1.54, 1.807) is 0 Å². The molecule has 5 atom stereocenters. The molecule has 5 rings (SSSR count). The van der Waals surface area contributed by atoms with Crippen LogP contribution in [-0.2, 0) is 43.5 Å². The van der Waals surface area contributed by atoms with Gasteiger partial charge in [0.15, 0.2) is 6.10 Å². The van der Waals surface area contributed by atoms with Crippen LogP contribution in [0.1, 0.15) is 22.3 Å². The standard InChI is InChI=1S/C36H37NO7/c38-37(39)33-35(43-26-31-20-11-4-12-21-31)34(42-25-30-18-9-3-10-19-30)32(27-40-24-29-16-7-2-8-17-29)44-36(33)41-23-13-22-28-14-5-1-6-15-28/h1-22,32-36H,23-27H2/b22-13-/t32-,33-,34+,35-,36?/m1/s1. The van der Waals surface area contributed by atoms with Crippen molar-refractivity contribution in [2.75, 3.05) is 13.2 Å². The maximum absolute atomic E-state index is 12.6. The molecule has 44 heavy (non-hydrogen) atoms. The summed E-state index contributed by atoms with van der Waals surface area (Å²) in [5.41, 5.74) is 3.82. The molecule has 1 aliphatic rings. The van der Waals surface area contributed by atoms with E-state index in [0.29, 0.717) is 6.61 Å². The van der Waals surface area contributed by atoms with Crippen LogP contribution in [0.25, 0.3) is 6.08 Å². The predicted molar refractivity (Wildman–Crippen MR) is 167 cm³/mol. The maximum Gasteiger partial charge on any atom is 0.291 e. The Morgan fingerprint density at radius 1 is 0.659 bits per heavy atom. The van der Waals surface area contributed by atoms with E-state index in [4.69, 9.17) is 23.7 Å². The summed E-state index contributed by atoms with van der Waals surface area (Å²) in [5.74, 6) is 0. The van der Waals surface area contributed by atoms with Crippen LogP contribution >= 0.6 is 0 Å². The zero-order chi connectivity index (χ0) is 30.4. The summed E-state index contributed by atoms with van der Waals surface area (Å²) in [6.45, 7) is 0.988. The van der Waals surface area contributed by atoms with Crippen molar-refractivity contribution in [1.29, 1.82) is 0 Å². The molecule has 1 fully saturated rings. The lowest BCUT2D eigenvalue weighted by atomic mass is 9.96. The van der Waals surface area contributed by atoms with Crippen molar-refractivity contribution in [2.45, 2.75) is 50.5 Å². The molecule has 0 aromatic heterocycles. The Bertz CT molecular complexity index is 1420. The number of nitrogens with zero attached hydrogens (tertiary/aromatic N) is 1. The van der Waals surface area contributed by atoms with Crippen molar-refractivity contribution >= 4 is 6.08 Å². The molecule has 1 heterocycles. The van der Waals surface area contributed by atoms with E-state index >= 15 is 0 Å². The first kappa shape index (κ1) is 31.3. The molecular formula is C36H37NO7. The van der Waals surface area contributed by atoms with Crippen LogP contribution < -0.4 is 0 Å². The van der Waals surface area contributed by atoms with E-state index in [2.05, 4.69) is 0 Å². The smallest absolute Gasteiger partial charge is 0.291 e. The summed E-state index contributed by atoms with van der Waals surface area (Å²) in [6, 6.07) is 37.4. The van der Waals surface area contributed by atoms with Crippen LogP contribution in [0.3, 0.4) is 0 Å². The van der Waals surface area contributed by atoms with Gasteiger partial charge in [-0.25, -0.2) is 0 Å². The summed E-state index contributed by atoms with van der Waals surface area (Å²) in [4.78, 5) is 12.2. The van der Waals surface area contributed by atoms with Gasteiger partial charge in [0.05, 0.1) is 33.0 Å². The Hall–Kier alpha value is -4.18. The van der Waals surface area contributed by atoms with Crippen molar-refractivity contribution in [3.8, 4) is 0 Å². The molecule has 0 amide bonds. The molecule has 8 heteroatoms. The topological polar surface area (TPSA) is 89.3 Å². The Balaban J connectivity index is 1.38. The predicted octanol–water partition coefficient (Wildman–Crippen LogP) is 6.47. The van der Waals surface area contributed by atoms with Crippen molar-refractivity contribution in [3.05, 3.63) is 160 Å². The Morgan fingerprint density at radius 2 is 1.16 bits per heavy atom. The first-order valence-corrected chi connectivity index (χ1v) is 14.7. The molecule has 8 nitrogen and oxygen atoms in total. The number of benzene rings is 4. The summed E-state index contributed by atoms with van der Waals surface area (Å²) >= 11 is 0. The molecule has 4 aromatic carbocycles. The van der Waals surface area contributed by atoms with E-state index in [1.165, 1.54) is 0 Å². The van der Waals surface area contributed by atoms with Gasteiger partial charge in [-0.1, -0.05) is 133 Å². The van der Waals surface area contributed by atoms with Crippen LogP contribution in [0, 0.1) is 10.1 Å². The summed E-state index contributed by atoms with van der Waals surface area (Å²) in [6.07, 6.45) is 0.0603. The van der Waals surface area contributed by atoms with Gasteiger partial charge < -0.3 is 23.7 Å². The number of hydrogen-bond acceptors (Lipinski definition) is 7. The van der Waals surface area contributed by atoms with Crippen LogP contribution in [0.15, 0.2) is 127 Å². The molecule has 0 saturated carbocycles. The van der Waals surface area contributed by atoms with Gasteiger partial charge in [0, 0.05) is 4.92 Å². The van der Waals surface area contributed by atoms with E-state index in [-0.39, 0.29) is 31.4 Å². The molecule has 228 valence electrons. The summed E-state index contributed by atoms with van der Waals surface area (Å²) < 4.78 is 31.1. The molecule has 0 aliphatic carbocycles. The number of ether oxygens (including phenoxy) is 5. The Labute approximate surface area is 258 Å². The third kappa shape index (κ3) is 9.16. The zero-order valence-electron chi connectivity index (χ0n) is 24.4. The second-order valence-electron chi connectivity index (χ2n) is 10.5. The van der Waals surface area contributed by atoms with Gasteiger partial charge in [-0.05, 0) is 22.3 Å². The minimum absolute atomic E-state index is 0.114. The quantitative estimate of drug-likeness (QED) is 0.115. The Morgan fingerprint density at radius 3 is 1.70 bits per heavy atom. The fourth-order valence-corrected chi connectivity index (χ4v) is 5.08. The van der Waals surface area contributed by atoms with Gasteiger partial charge in [0.2, 0.25) is 6.29 Å². The number of hydrogen-bond donors (Lipinski definition) is 0. The first-order valence-electron chi connectivity index (χ1n) is 14.7. The molecule has 1 saturated heterocycles. The molecule has 1 aliphatic heterocycles. The molecule has 0 radical (unpaired) electrons. The van der Waals surface area contributed by atoms with Gasteiger partial charge in [-0.3, -0.25) is 10.1 Å². The van der Waals surface area contributed by atoms with Gasteiger partial charge >= 0.3 is 0 Å². The largest absolute Gasteiger partial charge is 0.374 e. The van der Waals surface area contributed by atoms with Gasteiger partial charge in [0.25, 0.3) is 6.04 Å². The van der Waals surface area contributed by atoms with E-state index in [0.717, 1.165) is 22.3 Å². The van der Waals surface area contributed by atoms with Crippen LogP contribution in [0.2, 0.25) is 0 Å². The number of rotatable bonds is 15. The minimum Gasteiger partial charge on any atom is -0.374 e. The third-order valence-electron chi connectivity index (χ3n) is 7.29. The lowest BCUT2D eigenvalue weighted by molar-refractivity contribution is -0.576. The van der Waals surface area contributed by atoms with Gasteiger partial charge in [-0.2, -0.15) is 0 Å².